The van der Waals surface area contributed by atoms with Crippen LogP contribution in [0.5, 0.6) is 5.75 Å². The third-order valence-corrected chi connectivity index (χ3v) is 5.32. The quantitative estimate of drug-likeness (QED) is 0.712. The minimum absolute atomic E-state index is 0.0872. The van der Waals surface area contributed by atoms with Gasteiger partial charge in [-0.05, 0) is 49.9 Å². The van der Waals surface area contributed by atoms with E-state index in [0.29, 0.717) is 16.5 Å². The molecule has 1 heterocycles. The maximum Gasteiger partial charge on any atom is 0.344 e. The molecule has 0 radical (unpaired) electrons. The van der Waals surface area contributed by atoms with Crippen LogP contribution in [0.25, 0.3) is 10.8 Å². The Hall–Kier alpha value is -1.62. The Bertz CT molecular complexity index is 785. The number of hydrogen-bond donors (Lipinski definition) is 0. The highest BCUT2D eigenvalue weighted by Gasteiger charge is 2.26. The van der Waals surface area contributed by atoms with Crippen molar-refractivity contribution in [2.75, 3.05) is 20.3 Å². The van der Waals surface area contributed by atoms with E-state index in [9.17, 15) is 9.36 Å². The zero-order valence-corrected chi connectivity index (χ0v) is 14.6. The molecule has 126 valence electrons. The smallest absolute Gasteiger partial charge is 0.344 e. The van der Waals surface area contributed by atoms with Crippen molar-refractivity contribution in [3.05, 3.63) is 39.9 Å². The zero-order valence-electron chi connectivity index (χ0n) is 13.8. The average molecular weight is 340 g/mol. The van der Waals surface area contributed by atoms with Gasteiger partial charge in [-0.3, -0.25) is 4.57 Å². The second-order valence-electron chi connectivity index (χ2n) is 5.01. The van der Waals surface area contributed by atoms with Gasteiger partial charge in [0.15, 0.2) is 0 Å². The number of hydrogen-bond acceptors (Lipinski definition) is 6. The summed E-state index contributed by atoms with van der Waals surface area (Å²) in [5.41, 5.74) is 0.287. The average Bonchev–Trinajstić information content (AvgIpc) is 2.46. The van der Waals surface area contributed by atoms with Crippen molar-refractivity contribution in [2.45, 2.75) is 26.9 Å². The molecule has 0 amide bonds. The van der Waals surface area contributed by atoms with Gasteiger partial charge in [0.2, 0.25) is 0 Å². The predicted molar refractivity (Wildman–Crippen MR) is 88.3 cm³/mol. The highest BCUT2D eigenvalue weighted by Crippen LogP contribution is 2.51. The first-order chi connectivity index (χ1) is 10.9. The van der Waals surface area contributed by atoms with Gasteiger partial charge < -0.3 is 18.2 Å². The van der Waals surface area contributed by atoms with Gasteiger partial charge in [-0.1, -0.05) is 0 Å². The zero-order chi connectivity index (χ0) is 17.0. The minimum atomic E-state index is -3.33. The first-order valence-electron chi connectivity index (χ1n) is 7.42. The summed E-state index contributed by atoms with van der Waals surface area (Å²) in [6.07, 6.45) is -0.0872. The van der Waals surface area contributed by atoms with Gasteiger partial charge in [0, 0.05) is 0 Å². The molecule has 0 saturated heterocycles. The Balaban J connectivity index is 2.50. The van der Waals surface area contributed by atoms with Crippen LogP contribution >= 0.6 is 7.60 Å². The number of ether oxygens (including phenoxy) is 1. The molecule has 0 N–H and O–H groups in total. The maximum atomic E-state index is 12.6. The first kappa shape index (κ1) is 17.7. The molecule has 2 rings (SSSR count). The van der Waals surface area contributed by atoms with E-state index in [4.69, 9.17) is 18.2 Å². The monoisotopic (exact) mass is 340 g/mol. The Morgan fingerprint density at radius 2 is 1.78 bits per heavy atom. The van der Waals surface area contributed by atoms with Crippen molar-refractivity contribution in [2.24, 2.45) is 0 Å². The van der Waals surface area contributed by atoms with Crippen LogP contribution in [0, 0.1) is 6.92 Å². The molecule has 0 saturated carbocycles. The van der Waals surface area contributed by atoms with Gasteiger partial charge in [-0.15, -0.1) is 0 Å². The summed E-state index contributed by atoms with van der Waals surface area (Å²) in [5.74, 6) is 0.907. The van der Waals surface area contributed by atoms with Crippen LogP contribution in [0.15, 0.2) is 27.4 Å². The molecule has 0 aliphatic heterocycles. The van der Waals surface area contributed by atoms with E-state index in [1.807, 2.05) is 6.92 Å². The molecule has 0 aliphatic carbocycles. The van der Waals surface area contributed by atoms with Crippen LogP contribution in [-0.4, -0.2) is 20.3 Å². The third-order valence-electron chi connectivity index (χ3n) is 3.32. The summed E-state index contributed by atoms with van der Waals surface area (Å²) in [6, 6.07) is 5.19. The van der Waals surface area contributed by atoms with Gasteiger partial charge in [-0.25, -0.2) is 4.79 Å². The molecule has 0 atom stereocenters. The molecule has 7 heteroatoms. The third kappa shape index (κ3) is 4.02. The van der Waals surface area contributed by atoms with Crippen molar-refractivity contribution < 1.29 is 22.8 Å². The molecule has 0 bridgehead atoms. The molecule has 23 heavy (non-hydrogen) atoms. The van der Waals surface area contributed by atoms with Crippen LogP contribution in [0.1, 0.15) is 25.2 Å². The second kappa shape index (κ2) is 7.30. The highest BCUT2D eigenvalue weighted by molar-refractivity contribution is 7.53. The lowest BCUT2D eigenvalue weighted by molar-refractivity contribution is 0.217. The lowest BCUT2D eigenvalue weighted by atomic mass is 10.1. The lowest BCUT2D eigenvalue weighted by Gasteiger charge is -2.16. The molecule has 1 aromatic carbocycles. The van der Waals surface area contributed by atoms with E-state index < -0.39 is 13.2 Å². The van der Waals surface area contributed by atoms with E-state index in [1.54, 1.807) is 39.2 Å². The van der Waals surface area contributed by atoms with Crippen LogP contribution in [0.4, 0.5) is 0 Å². The van der Waals surface area contributed by atoms with Crippen molar-refractivity contribution >= 4 is 18.4 Å². The number of fused-ring (bicyclic) bond motifs is 1. The lowest BCUT2D eigenvalue weighted by Crippen LogP contribution is -2.06. The molecule has 6 nitrogen and oxygen atoms in total. The maximum absolute atomic E-state index is 12.6. The topological polar surface area (TPSA) is 75.0 Å². The SMILES string of the molecule is CCOP(=O)(Cc1cc2cc(OC)cc(C)c2c(=O)o1)OCC. The fraction of sp³-hybridized carbons (Fsp3) is 0.438. The molecule has 1 aromatic heterocycles. The van der Waals surface area contributed by atoms with E-state index in [0.717, 1.165) is 5.56 Å². The van der Waals surface area contributed by atoms with E-state index in [1.165, 1.54) is 0 Å². The summed E-state index contributed by atoms with van der Waals surface area (Å²) in [7, 11) is -1.77. The fourth-order valence-electron chi connectivity index (χ4n) is 2.45. The Morgan fingerprint density at radius 3 is 2.35 bits per heavy atom. The molecule has 2 aromatic rings. The molecular weight excluding hydrogens is 319 g/mol. The van der Waals surface area contributed by atoms with E-state index in [2.05, 4.69) is 0 Å². The van der Waals surface area contributed by atoms with Crippen molar-refractivity contribution in [3.63, 3.8) is 0 Å². The normalized spacial score (nSPS) is 11.8. The van der Waals surface area contributed by atoms with Crippen molar-refractivity contribution in [3.8, 4) is 5.75 Å². The number of benzene rings is 1. The Kier molecular flexibility index (Phi) is 5.63. The van der Waals surface area contributed by atoms with Crippen LogP contribution in [-0.2, 0) is 19.8 Å². The number of aryl methyl sites for hydroxylation is 1. The summed E-state index contributed by atoms with van der Waals surface area (Å²) in [4.78, 5) is 12.2. The van der Waals surface area contributed by atoms with E-state index >= 15 is 0 Å². The first-order valence-corrected chi connectivity index (χ1v) is 9.14. The van der Waals surface area contributed by atoms with Crippen LogP contribution < -0.4 is 10.4 Å². The highest BCUT2D eigenvalue weighted by atomic mass is 31.2. The summed E-state index contributed by atoms with van der Waals surface area (Å²) in [6.45, 7) is 5.78. The summed E-state index contributed by atoms with van der Waals surface area (Å²) in [5, 5.41) is 1.16. The Morgan fingerprint density at radius 1 is 1.13 bits per heavy atom. The predicted octanol–water partition coefficient (Wildman–Crippen LogP) is 3.88. The summed E-state index contributed by atoms with van der Waals surface area (Å²) < 4.78 is 33.6. The molecule has 0 spiro atoms. The molecule has 0 unspecified atom stereocenters. The van der Waals surface area contributed by atoms with Crippen LogP contribution in [0.3, 0.4) is 0 Å². The fourth-order valence-corrected chi connectivity index (χ4v) is 4.04. The molecular formula is C16H21O6P. The minimum Gasteiger partial charge on any atom is -0.497 e. The van der Waals surface area contributed by atoms with Crippen LogP contribution in [0.2, 0.25) is 0 Å². The summed E-state index contributed by atoms with van der Waals surface area (Å²) >= 11 is 0. The Labute approximate surface area is 134 Å². The van der Waals surface area contributed by atoms with Crippen molar-refractivity contribution in [1.29, 1.82) is 0 Å². The molecule has 0 fully saturated rings. The number of methoxy groups -OCH3 is 1. The number of rotatable bonds is 7. The van der Waals surface area contributed by atoms with Gasteiger partial charge in [0.25, 0.3) is 0 Å². The van der Waals surface area contributed by atoms with Gasteiger partial charge in [-0.2, -0.15) is 0 Å². The standard InChI is InChI=1S/C16H21O6P/c1-5-20-23(18,21-6-2)10-14-9-12-8-13(19-4)7-11(3)15(12)16(17)22-14/h7-9H,5-6,10H2,1-4H3. The van der Waals surface area contributed by atoms with Gasteiger partial charge in [0.1, 0.15) is 17.7 Å². The van der Waals surface area contributed by atoms with Gasteiger partial charge in [0.05, 0.1) is 25.7 Å². The largest absolute Gasteiger partial charge is 0.497 e. The van der Waals surface area contributed by atoms with Gasteiger partial charge >= 0.3 is 13.2 Å². The molecule has 0 aliphatic rings. The second-order valence-corrected chi connectivity index (χ2v) is 7.07. The van der Waals surface area contributed by atoms with E-state index in [-0.39, 0.29) is 25.1 Å². The van der Waals surface area contributed by atoms with Crippen molar-refractivity contribution in [1.82, 2.24) is 0 Å².